The van der Waals surface area contributed by atoms with Crippen LogP contribution >= 0.6 is 0 Å². The summed E-state index contributed by atoms with van der Waals surface area (Å²) in [5.74, 6) is 0. The molecule has 1 rings (SSSR count). The Labute approximate surface area is 111 Å². The van der Waals surface area contributed by atoms with E-state index >= 15 is 0 Å². The summed E-state index contributed by atoms with van der Waals surface area (Å²) in [5.41, 5.74) is 0.0234. The van der Waals surface area contributed by atoms with E-state index < -0.39 is 20.9 Å². The van der Waals surface area contributed by atoms with Crippen molar-refractivity contribution < 1.29 is 18.4 Å². The summed E-state index contributed by atoms with van der Waals surface area (Å²) in [4.78, 5) is 9.89. The van der Waals surface area contributed by atoms with Crippen molar-refractivity contribution in [3.05, 3.63) is 28.3 Å². The Balaban J connectivity index is 3.07. The average molecular weight is 288 g/mol. The minimum absolute atomic E-state index is 0.118. The molecule has 0 aliphatic rings. The van der Waals surface area contributed by atoms with Crippen molar-refractivity contribution in [3.8, 4) is 0 Å². The number of nitro groups is 1. The predicted molar refractivity (Wildman–Crippen MR) is 71.0 cm³/mol. The first kappa shape index (κ1) is 15.4. The van der Waals surface area contributed by atoms with E-state index in [2.05, 4.69) is 5.32 Å². The summed E-state index contributed by atoms with van der Waals surface area (Å²) in [6, 6.07) is 3.62. The Morgan fingerprint density at radius 3 is 2.58 bits per heavy atom. The molecule has 0 aliphatic carbocycles. The van der Waals surface area contributed by atoms with Gasteiger partial charge in [-0.1, -0.05) is 0 Å². The van der Waals surface area contributed by atoms with Gasteiger partial charge in [0.15, 0.2) is 9.84 Å². The summed E-state index contributed by atoms with van der Waals surface area (Å²) in [7, 11) is -3.57. The smallest absolute Gasteiger partial charge is 0.270 e. The average Bonchev–Trinajstić information content (AvgIpc) is 2.27. The molecule has 0 saturated heterocycles. The Morgan fingerprint density at radius 2 is 2.11 bits per heavy atom. The molecule has 1 atom stereocenters. The molecule has 0 saturated carbocycles. The number of nitro benzene ring substituents is 1. The molecule has 19 heavy (non-hydrogen) atoms. The summed E-state index contributed by atoms with van der Waals surface area (Å²) in [6.45, 7) is 1.99. The maximum atomic E-state index is 11.6. The number of anilines is 1. The first-order valence-electron chi connectivity index (χ1n) is 5.62. The number of nitrogens with zero attached hydrogens (tertiary/aromatic N) is 1. The molecule has 0 aliphatic heterocycles. The number of sulfone groups is 1. The number of aliphatic hydroxyl groups excluding tert-OH is 1. The molecule has 1 aromatic carbocycles. The van der Waals surface area contributed by atoms with Crippen molar-refractivity contribution in [2.24, 2.45) is 0 Å². The molecule has 0 radical (unpaired) electrons. The summed E-state index contributed by atoms with van der Waals surface area (Å²) >= 11 is 0. The van der Waals surface area contributed by atoms with Crippen LogP contribution in [0, 0.1) is 10.1 Å². The second kappa shape index (κ2) is 5.98. The van der Waals surface area contributed by atoms with Crippen molar-refractivity contribution >= 4 is 21.2 Å². The second-order valence-corrected chi connectivity index (χ2v) is 6.26. The molecule has 8 heteroatoms. The van der Waals surface area contributed by atoms with Gasteiger partial charge in [0, 0.05) is 24.9 Å². The van der Waals surface area contributed by atoms with E-state index in [0.717, 1.165) is 12.3 Å². The Kier molecular flexibility index (Phi) is 4.84. The lowest BCUT2D eigenvalue weighted by Crippen LogP contribution is -2.12. The maximum absolute atomic E-state index is 11.6. The summed E-state index contributed by atoms with van der Waals surface area (Å²) in [5, 5.41) is 22.6. The third kappa shape index (κ3) is 4.49. The van der Waals surface area contributed by atoms with Crippen molar-refractivity contribution in [2.45, 2.75) is 24.3 Å². The zero-order valence-corrected chi connectivity index (χ0v) is 11.5. The highest BCUT2D eigenvalue weighted by Crippen LogP contribution is 2.26. The molecule has 0 amide bonds. The number of nitrogens with one attached hydrogen (secondary N) is 1. The van der Waals surface area contributed by atoms with Crippen LogP contribution in [0.5, 0.6) is 0 Å². The lowest BCUT2D eigenvalue weighted by atomic mass is 10.2. The van der Waals surface area contributed by atoms with E-state index in [1.165, 1.54) is 12.1 Å². The van der Waals surface area contributed by atoms with Crippen molar-refractivity contribution in [3.63, 3.8) is 0 Å². The number of hydrogen-bond donors (Lipinski definition) is 2. The van der Waals surface area contributed by atoms with Gasteiger partial charge in [-0.2, -0.15) is 0 Å². The van der Waals surface area contributed by atoms with Crippen LogP contribution in [0.1, 0.15) is 13.3 Å². The first-order valence-corrected chi connectivity index (χ1v) is 7.51. The minimum atomic E-state index is -3.57. The van der Waals surface area contributed by atoms with Gasteiger partial charge in [0.25, 0.3) is 5.69 Å². The summed E-state index contributed by atoms with van der Waals surface area (Å²) in [6.07, 6.45) is 0.929. The van der Waals surface area contributed by atoms with Gasteiger partial charge in [-0.05, 0) is 19.4 Å². The molecule has 0 heterocycles. The fraction of sp³-hybridized carbons (Fsp3) is 0.455. The van der Waals surface area contributed by atoms with Crippen LogP contribution in [-0.4, -0.2) is 37.4 Å². The highest BCUT2D eigenvalue weighted by atomic mass is 32.2. The van der Waals surface area contributed by atoms with Crippen LogP contribution in [0.15, 0.2) is 23.1 Å². The molecule has 0 aromatic heterocycles. The molecule has 0 spiro atoms. The fourth-order valence-electron chi connectivity index (χ4n) is 1.49. The highest BCUT2D eigenvalue weighted by Gasteiger charge is 2.18. The van der Waals surface area contributed by atoms with Gasteiger partial charge in [0.05, 0.1) is 21.6 Å². The lowest BCUT2D eigenvalue weighted by Gasteiger charge is -2.11. The summed E-state index contributed by atoms with van der Waals surface area (Å²) < 4.78 is 23.2. The van der Waals surface area contributed by atoms with E-state index in [-0.39, 0.29) is 10.6 Å². The Morgan fingerprint density at radius 1 is 1.47 bits per heavy atom. The monoisotopic (exact) mass is 288 g/mol. The first-order chi connectivity index (χ1) is 8.71. The molecular weight excluding hydrogens is 272 g/mol. The second-order valence-electron chi connectivity index (χ2n) is 4.27. The Hall–Kier alpha value is -1.67. The molecule has 1 unspecified atom stereocenters. The molecule has 0 bridgehead atoms. The normalized spacial score (nSPS) is 13.0. The zero-order chi connectivity index (χ0) is 14.6. The third-order valence-electron chi connectivity index (χ3n) is 2.45. The van der Waals surface area contributed by atoms with Gasteiger partial charge in [-0.3, -0.25) is 10.1 Å². The van der Waals surface area contributed by atoms with Crippen LogP contribution < -0.4 is 5.32 Å². The molecular formula is C11H16N2O5S. The lowest BCUT2D eigenvalue weighted by molar-refractivity contribution is -0.385. The largest absolute Gasteiger partial charge is 0.393 e. The van der Waals surface area contributed by atoms with E-state index in [1.807, 2.05) is 0 Å². The maximum Gasteiger partial charge on any atom is 0.270 e. The van der Waals surface area contributed by atoms with E-state index in [9.17, 15) is 18.5 Å². The highest BCUT2D eigenvalue weighted by molar-refractivity contribution is 7.90. The molecule has 2 N–H and O–H groups in total. The van der Waals surface area contributed by atoms with Crippen LogP contribution in [-0.2, 0) is 9.84 Å². The van der Waals surface area contributed by atoms with E-state index in [1.54, 1.807) is 6.92 Å². The predicted octanol–water partition coefficient (Wildman–Crippen LogP) is 1.18. The third-order valence-corrected chi connectivity index (χ3v) is 3.59. The number of aliphatic hydroxyl groups is 1. The van der Waals surface area contributed by atoms with Crippen LogP contribution in [0.25, 0.3) is 0 Å². The molecule has 106 valence electrons. The number of rotatable bonds is 6. The van der Waals surface area contributed by atoms with Gasteiger partial charge < -0.3 is 10.4 Å². The number of benzene rings is 1. The zero-order valence-electron chi connectivity index (χ0n) is 10.7. The van der Waals surface area contributed by atoms with Crippen LogP contribution in [0.4, 0.5) is 11.4 Å². The number of hydrogen-bond acceptors (Lipinski definition) is 6. The van der Waals surface area contributed by atoms with E-state index in [0.29, 0.717) is 18.7 Å². The van der Waals surface area contributed by atoms with Crippen molar-refractivity contribution in [2.75, 3.05) is 18.1 Å². The van der Waals surface area contributed by atoms with Crippen molar-refractivity contribution in [1.82, 2.24) is 0 Å². The standard InChI is InChI=1S/C11H16N2O5S/c1-8(14)5-6-12-10-4-3-9(13(15)16)7-11(10)19(2,17)18/h3-4,7-8,12,14H,5-6H2,1-2H3. The van der Waals surface area contributed by atoms with Gasteiger partial charge in [0.1, 0.15) is 0 Å². The van der Waals surface area contributed by atoms with Gasteiger partial charge in [0.2, 0.25) is 0 Å². The quantitative estimate of drug-likeness (QED) is 0.601. The van der Waals surface area contributed by atoms with Crippen LogP contribution in [0.2, 0.25) is 0 Å². The topological polar surface area (TPSA) is 110 Å². The van der Waals surface area contributed by atoms with Crippen LogP contribution in [0.3, 0.4) is 0 Å². The minimum Gasteiger partial charge on any atom is -0.393 e. The van der Waals surface area contributed by atoms with Gasteiger partial charge in [-0.25, -0.2) is 8.42 Å². The van der Waals surface area contributed by atoms with E-state index in [4.69, 9.17) is 5.11 Å². The Bertz CT molecular complexity index is 568. The number of non-ortho nitro benzene ring substituents is 1. The fourth-order valence-corrected chi connectivity index (χ4v) is 2.37. The molecule has 0 fully saturated rings. The molecule has 1 aromatic rings. The van der Waals surface area contributed by atoms with Gasteiger partial charge >= 0.3 is 0 Å². The van der Waals surface area contributed by atoms with Crippen molar-refractivity contribution in [1.29, 1.82) is 0 Å². The SMILES string of the molecule is CC(O)CCNc1ccc([N+](=O)[O-])cc1S(C)(=O)=O. The van der Waals surface area contributed by atoms with Gasteiger partial charge in [-0.15, -0.1) is 0 Å². The molecule has 7 nitrogen and oxygen atoms in total.